The van der Waals surface area contributed by atoms with E-state index in [0.29, 0.717) is 6.54 Å². The molecule has 0 aromatic carbocycles. The minimum Gasteiger partial charge on any atom is -0.388 e. The topological polar surface area (TPSA) is 46.2 Å². The normalized spacial score (nSPS) is 15.9. The summed E-state index contributed by atoms with van der Waals surface area (Å²) in [6, 6.07) is 1.95. The van der Waals surface area contributed by atoms with Gasteiger partial charge in [0.1, 0.15) is 0 Å². The Morgan fingerprint density at radius 2 is 2.42 bits per heavy atom. The summed E-state index contributed by atoms with van der Waals surface area (Å²) in [7, 11) is 0. The van der Waals surface area contributed by atoms with E-state index >= 15 is 0 Å². The molecule has 68 valence electrons. The predicted octanol–water partition coefficient (Wildman–Crippen LogP) is 1.77. The fourth-order valence-corrected chi connectivity index (χ4v) is 1.92. The molecule has 1 aromatic rings. The molecule has 2 nitrogen and oxygen atoms in total. The zero-order valence-electron chi connectivity index (χ0n) is 7.23. The maximum absolute atomic E-state index is 9.80. The number of aliphatic hydroxyl groups is 1. The van der Waals surface area contributed by atoms with Crippen LogP contribution < -0.4 is 5.73 Å². The van der Waals surface area contributed by atoms with E-state index in [1.807, 2.05) is 23.8 Å². The van der Waals surface area contributed by atoms with Crippen LogP contribution in [0.15, 0.2) is 16.8 Å². The van der Waals surface area contributed by atoms with Crippen LogP contribution in [0.3, 0.4) is 0 Å². The lowest BCUT2D eigenvalue weighted by Crippen LogP contribution is -2.20. The summed E-state index contributed by atoms with van der Waals surface area (Å²) in [6.07, 6.45) is 0.541. The van der Waals surface area contributed by atoms with Gasteiger partial charge in [-0.05, 0) is 35.4 Å². The number of nitrogens with two attached hydrogens (primary N) is 1. The van der Waals surface area contributed by atoms with Crippen LogP contribution in [0.5, 0.6) is 0 Å². The lowest BCUT2D eigenvalue weighted by Gasteiger charge is -2.18. The third kappa shape index (κ3) is 2.06. The van der Waals surface area contributed by atoms with Crippen LogP contribution in [0.2, 0.25) is 0 Å². The number of hydrogen-bond acceptors (Lipinski definition) is 3. The van der Waals surface area contributed by atoms with Crippen molar-refractivity contribution in [3.8, 4) is 0 Å². The van der Waals surface area contributed by atoms with Gasteiger partial charge in [0.25, 0.3) is 0 Å². The molecule has 0 radical (unpaired) electrons. The molecule has 0 fully saturated rings. The van der Waals surface area contributed by atoms with E-state index in [-0.39, 0.29) is 12.0 Å². The summed E-state index contributed by atoms with van der Waals surface area (Å²) >= 11 is 1.61. The number of hydrogen-bond donors (Lipinski definition) is 2. The van der Waals surface area contributed by atoms with Gasteiger partial charge < -0.3 is 10.8 Å². The van der Waals surface area contributed by atoms with Gasteiger partial charge in [0.05, 0.1) is 6.10 Å². The Bertz CT molecular complexity index is 206. The van der Waals surface area contributed by atoms with Gasteiger partial charge in [-0.1, -0.05) is 6.92 Å². The highest BCUT2D eigenvalue weighted by molar-refractivity contribution is 7.07. The molecule has 2 atom stereocenters. The van der Waals surface area contributed by atoms with E-state index in [2.05, 4.69) is 0 Å². The quantitative estimate of drug-likeness (QED) is 0.751. The van der Waals surface area contributed by atoms with Crippen molar-refractivity contribution in [2.75, 3.05) is 6.54 Å². The summed E-state index contributed by atoms with van der Waals surface area (Å²) in [6.45, 7) is 2.60. The van der Waals surface area contributed by atoms with Crippen molar-refractivity contribution in [3.63, 3.8) is 0 Å². The minimum absolute atomic E-state index is 0.194. The second-order valence-electron chi connectivity index (χ2n) is 2.91. The molecule has 0 aliphatic carbocycles. The Morgan fingerprint density at radius 1 is 1.67 bits per heavy atom. The van der Waals surface area contributed by atoms with Crippen molar-refractivity contribution < 1.29 is 5.11 Å². The van der Waals surface area contributed by atoms with E-state index in [4.69, 9.17) is 5.73 Å². The van der Waals surface area contributed by atoms with Gasteiger partial charge >= 0.3 is 0 Å². The Labute approximate surface area is 77.0 Å². The summed E-state index contributed by atoms with van der Waals surface area (Å²) < 4.78 is 0. The fraction of sp³-hybridized carbons (Fsp3) is 0.556. The van der Waals surface area contributed by atoms with Crippen LogP contribution in [0, 0.1) is 5.92 Å². The molecule has 0 saturated heterocycles. The standard InChI is InChI=1S/C9H15NOS/c1-2-7(5-10)9(11)8-3-4-12-6-8/h3-4,6-7,9,11H,2,5,10H2,1H3. The second kappa shape index (κ2) is 4.60. The van der Waals surface area contributed by atoms with Gasteiger partial charge in [-0.2, -0.15) is 11.3 Å². The van der Waals surface area contributed by atoms with Crippen LogP contribution in [0.4, 0.5) is 0 Å². The van der Waals surface area contributed by atoms with Crippen LogP contribution in [-0.4, -0.2) is 11.7 Å². The molecule has 2 unspecified atom stereocenters. The first-order chi connectivity index (χ1) is 5.79. The average molecular weight is 185 g/mol. The molecule has 12 heavy (non-hydrogen) atoms. The lowest BCUT2D eigenvalue weighted by molar-refractivity contribution is 0.110. The van der Waals surface area contributed by atoms with E-state index in [1.54, 1.807) is 11.3 Å². The van der Waals surface area contributed by atoms with Crippen molar-refractivity contribution in [1.29, 1.82) is 0 Å². The third-order valence-electron chi connectivity index (χ3n) is 2.16. The first-order valence-electron chi connectivity index (χ1n) is 4.19. The van der Waals surface area contributed by atoms with Crippen LogP contribution in [0.1, 0.15) is 25.0 Å². The van der Waals surface area contributed by atoms with Gasteiger partial charge in [-0.15, -0.1) is 0 Å². The van der Waals surface area contributed by atoms with E-state index in [0.717, 1.165) is 12.0 Å². The fourth-order valence-electron chi connectivity index (χ4n) is 1.23. The zero-order valence-corrected chi connectivity index (χ0v) is 8.05. The summed E-state index contributed by atoms with van der Waals surface area (Å²) in [5, 5.41) is 13.7. The molecule has 1 aromatic heterocycles. The SMILES string of the molecule is CCC(CN)C(O)c1ccsc1. The Kier molecular flexibility index (Phi) is 3.72. The molecular formula is C9H15NOS. The number of aliphatic hydroxyl groups excluding tert-OH is 1. The molecular weight excluding hydrogens is 170 g/mol. The van der Waals surface area contributed by atoms with Crippen molar-refractivity contribution in [1.82, 2.24) is 0 Å². The molecule has 0 aliphatic heterocycles. The molecule has 3 N–H and O–H groups in total. The Morgan fingerprint density at radius 3 is 2.83 bits per heavy atom. The highest BCUT2D eigenvalue weighted by Crippen LogP contribution is 2.25. The maximum atomic E-state index is 9.80. The van der Waals surface area contributed by atoms with E-state index in [9.17, 15) is 5.11 Å². The van der Waals surface area contributed by atoms with Crippen molar-refractivity contribution in [2.45, 2.75) is 19.4 Å². The van der Waals surface area contributed by atoms with Gasteiger partial charge in [0, 0.05) is 5.92 Å². The monoisotopic (exact) mass is 185 g/mol. The molecule has 0 amide bonds. The average Bonchev–Trinajstić information content (AvgIpc) is 2.58. The molecule has 1 heterocycles. The first kappa shape index (κ1) is 9.71. The number of thiophene rings is 1. The van der Waals surface area contributed by atoms with Gasteiger partial charge in [0.2, 0.25) is 0 Å². The summed E-state index contributed by atoms with van der Waals surface area (Å²) in [5.74, 6) is 0.194. The van der Waals surface area contributed by atoms with Gasteiger partial charge in [-0.25, -0.2) is 0 Å². The molecule has 0 saturated carbocycles. The molecule has 3 heteroatoms. The van der Waals surface area contributed by atoms with Gasteiger partial charge in [0.15, 0.2) is 0 Å². The minimum atomic E-state index is -0.383. The number of rotatable bonds is 4. The van der Waals surface area contributed by atoms with Crippen molar-refractivity contribution >= 4 is 11.3 Å². The first-order valence-corrected chi connectivity index (χ1v) is 5.14. The second-order valence-corrected chi connectivity index (χ2v) is 3.69. The van der Waals surface area contributed by atoms with Crippen LogP contribution in [0.25, 0.3) is 0 Å². The lowest BCUT2D eigenvalue weighted by atomic mass is 9.95. The smallest absolute Gasteiger partial charge is 0.0838 e. The predicted molar refractivity (Wildman–Crippen MR) is 52.1 cm³/mol. The summed E-state index contributed by atoms with van der Waals surface area (Å²) in [5.41, 5.74) is 6.53. The molecule has 0 spiro atoms. The van der Waals surface area contributed by atoms with Crippen molar-refractivity contribution in [2.24, 2.45) is 11.7 Å². The van der Waals surface area contributed by atoms with Crippen LogP contribution >= 0.6 is 11.3 Å². The molecule has 1 rings (SSSR count). The van der Waals surface area contributed by atoms with E-state index in [1.165, 1.54) is 0 Å². The molecule has 0 bridgehead atoms. The maximum Gasteiger partial charge on any atom is 0.0838 e. The zero-order chi connectivity index (χ0) is 8.97. The Hall–Kier alpha value is -0.380. The van der Waals surface area contributed by atoms with Crippen LogP contribution in [-0.2, 0) is 0 Å². The van der Waals surface area contributed by atoms with Gasteiger partial charge in [-0.3, -0.25) is 0 Å². The van der Waals surface area contributed by atoms with E-state index < -0.39 is 0 Å². The largest absolute Gasteiger partial charge is 0.388 e. The highest BCUT2D eigenvalue weighted by Gasteiger charge is 2.17. The third-order valence-corrected chi connectivity index (χ3v) is 2.86. The highest BCUT2D eigenvalue weighted by atomic mass is 32.1. The Balaban J connectivity index is 2.63. The van der Waals surface area contributed by atoms with Crippen molar-refractivity contribution in [3.05, 3.63) is 22.4 Å². The summed E-state index contributed by atoms with van der Waals surface area (Å²) in [4.78, 5) is 0. The molecule has 0 aliphatic rings.